The Hall–Kier alpha value is -0.500. The monoisotopic (exact) mass is 252 g/mol. The van der Waals surface area contributed by atoms with E-state index in [0.717, 1.165) is 19.6 Å². The van der Waals surface area contributed by atoms with Gasteiger partial charge in [0.1, 0.15) is 0 Å². The predicted molar refractivity (Wildman–Crippen MR) is 74.6 cm³/mol. The van der Waals surface area contributed by atoms with Crippen LogP contribution in [0.15, 0.2) is 11.8 Å². The van der Waals surface area contributed by atoms with E-state index in [4.69, 9.17) is 9.47 Å². The van der Waals surface area contributed by atoms with E-state index in [-0.39, 0.29) is 5.60 Å². The lowest BCUT2D eigenvalue weighted by Crippen LogP contribution is -2.29. The van der Waals surface area contributed by atoms with Gasteiger partial charge in [0.15, 0.2) is 0 Å². The molecule has 0 aromatic heterocycles. The Morgan fingerprint density at radius 3 is 2.72 bits per heavy atom. The van der Waals surface area contributed by atoms with E-state index >= 15 is 0 Å². The van der Waals surface area contributed by atoms with Crippen LogP contribution in [-0.2, 0) is 9.47 Å². The fourth-order valence-electron chi connectivity index (χ4n) is 2.94. The van der Waals surface area contributed by atoms with Gasteiger partial charge in [-0.2, -0.15) is 0 Å². The molecule has 2 rings (SSSR count). The average Bonchev–Trinajstić information content (AvgIpc) is 2.61. The Kier molecular flexibility index (Phi) is 5.55. The molecular weight excluding hydrogens is 224 g/mol. The zero-order valence-corrected chi connectivity index (χ0v) is 11.9. The van der Waals surface area contributed by atoms with E-state index in [1.165, 1.54) is 63.4 Å². The third kappa shape index (κ3) is 4.64. The molecule has 1 aliphatic heterocycles. The quantitative estimate of drug-likeness (QED) is 0.538. The van der Waals surface area contributed by atoms with Crippen molar-refractivity contribution in [3.05, 3.63) is 11.8 Å². The molecule has 18 heavy (non-hydrogen) atoms. The molecule has 2 heteroatoms. The van der Waals surface area contributed by atoms with Gasteiger partial charge in [0.05, 0.1) is 18.5 Å². The number of rotatable bonds is 4. The molecule has 1 saturated carbocycles. The minimum Gasteiger partial charge on any atom is -0.501 e. The number of ether oxygens (including phenoxy) is 2. The molecule has 0 aromatic carbocycles. The molecule has 1 heterocycles. The molecule has 0 radical (unpaired) electrons. The highest BCUT2D eigenvalue weighted by Gasteiger charge is 2.26. The molecule has 1 unspecified atom stereocenters. The summed E-state index contributed by atoms with van der Waals surface area (Å²) in [5.41, 5.74) is 1.56. The fraction of sp³-hybridized carbons (Fsp3) is 0.875. The van der Waals surface area contributed by atoms with E-state index < -0.39 is 0 Å². The molecule has 2 fully saturated rings. The molecule has 1 aliphatic carbocycles. The lowest BCUT2D eigenvalue weighted by molar-refractivity contribution is -0.0442. The van der Waals surface area contributed by atoms with Crippen molar-refractivity contribution in [2.75, 3.05) is 13.2 Å². The van der Waals surface area contributed by atoms with Gasteiger partial charge in [-0.3, -0.25) is 0 Å². The first-order valence-electron chi connectivity index (χ1n) is 7.72. The lowest BCUT2D eigenvalue weighted by atomic mass is 9.95. The zero-order valence-electron chi connectivity index (χ0n) is 11.9. The molecule has 0 N–H and O–H groups in total. The van der Waals surface area contributed by atoms with Crippen molar-refractivity contribution in [3.63, 3.8) is 0 Å². The van der Waals surface area contributed by atoms with Crippen LogP contribution >= 0.6 is 0 Å². The van der Waals surface area contributed by atoms with Crippen LogP contribution in [0.1, 0.15) is 71.1 Å². The van der Waals surface area contributed by atoms with Crippen LogP contribution in [0.25, 0.3) is 0 Å². The molecule has 1 atom stereocenters. The molecule has 0 aromatic rings. The van der Waals surface area contributed by atoms with Gasteiger partial charge in [0.2, 0.25) is 0 Å². The molecular formula is C16H28O2. The number of hydrogen-bond acceptors (Lipinski definition) is 2. The average molecular weight is 252 g/mol. The fourth-order valence-corrected chi connectivity index (χ4v) is 2.94. The van der Waals surface area contributed by atoms with E-state index in [1.54, 1.807) is 0 Å². The first-order valence-corrected chi connectivity index (χ1v) is 7.72. The van der Waals surface area contributed by atoms with Crippen LogP contribution in [0.2, 0.25) is 0 Å². The van der Waals surface area contributed by atoms with Crippen molar-refractivity contribution in [1.82, 2.24) is 0 Å². The van der Waals surface area contributed by atoms with E-state index in [9.17, 15) is 0 Å². The Labute approximate surface area is 112 Å². The minimum absolute atomic E-state index is 0.0571. The predicted octanol–water partition coefficient (Wildman–Crippen LogP) is 4.59. The summed E-state index contributed by atoms with van der Waals surface area (Å²) in [6.07, 6.45) is 14.7. The molecule has 1 saturated heterocycles. The van der Waals surface area contributed by atoms with Gasteiger partial charge in [-0.15, -0.1) is 0 Å². The van der Waals surface area contributed by atoms with Crippen molar-refractivity contribution < 1.29 is 9.47 Å². The van der Waals surface area contributed by atoms with E-state index in [2.05, 4.69) is 6.92 Å². The summed E-state index contributed by atoms with van der Waals surface area (Å²) in [5.74, 6) is 0. The van der Waals surface area contributed by atoms with Crippen molar-refractivity contribution in [1.29, 1.82) is 0 Å². The largest absolute Gasteiger partial charge is 0.501 e. The second-order valence-corrected chi connectivity index (χ2v) is 6.07. The van der Waals surface area contributed by atoms with Crippen LogP contribution in [-0.4, -0.2) is 18.8 Å². The SMILES string of the molecule is CC1(CCOC=C2CCCCC2)CCCCCO1. The van der Waals surface area contributed by atoms with Crippen LogP contribution < -0.4 is 0 Å². The Balaban J connectivity index is 1.67. The maximum absolute atomic E-state index is 5.98. The van der Waals surface area contributed by atoms with Gasteiger partial charge in [-0.25, -0.2) is 0 Å². The summed E-state index contributed by atoms with van der Waals surface area (Å²) in [6.45, 7) is 3.98. The molecule has 0 spiro atoms. The summed E-state index contributed by atoms with van der Waals surface area (Å²) >= 11 is 0. The third-order valence-electron chi connectivity index (χ3n) is 4.30. The van der Waals surface area contributed by atoms with Gasteiger partial charge in [0, 0.05) is 13.0 Å². The van der Waals surface area contributed by atoms with Crippen LogP contribution in [0.4, 0.5) is 0 Å². The first kappa shape index (κ1) is 13.9. The summed E-state index contributed by atoms with van der Waals surface area (Å²) in [4.78, 5) is 0. The topological polar surface area (TPSA) is 18.5 Å². The maximum Gasteiger partial charge on any atom is 0.0900 e. The highest BCUT2D eigenvalue weighted by atomic mass is 16.5. The molecule has 0 bridgehead atoms. The maximum atomic E-state index is 5.98. The van der Waals surface area contributed by atoms with Gasteiger partial charge in [-0.05, 0) is 51.0 Å². The standard InChI is InChI=1S/C16H28O2/c1-16(10-6-3-7-12-18-16)11-13-17-14-15-8-4-2-5-9-15/h14H,2-13H2,1H3. The van der Waals surface area contributed by atoms with Gasteiger partial charge < -0.3 is 9.47 Å². The highest BCUT2D eigenvalue weighted by Crippen LogP contribution is 2.27. The Morgan fingerprint density at radius 1 is 1.11 bits per heavy atom. The second-order valence-electron chi connectivity index (χ2n) is 6.07. The summed E-state index contributed by atoms with van der Waals surface area (Å²) in [7, 11) is 0. The lowest BCUT2D eigenvalue weighted by Gasteiger charge is -2.28. The third-order valence-corrected chi connectivity index (χ3v) is 4.30. The minimum atomic E-state index is 0.0571. The second kappa shape index (κ2) is 7.18. The van der Waals surface area contributed by atoms with E-state index in [1.807, 2.05) is 6.26 Å². The normalized spacial score (nSPS) is 29.7. The molecule has 2 nitrogen and oxygen atoms in total. The Morgan fingerprint density at radius 2 is 1.89 bits per heavy atom. The van der Waals surface area contributed by atoms with E-state index in [0.29, 0.717) is 0 Å². The summed E-state index contributed by atoms with van der Waals surface area (Å²) in [5, 5.41) is 0. The van der Waals surface area contributed by atoms with Crippen LogP contribution in [0.5, 0.6) is 0 Å². The number of allylic oxidation sites excluding steroid dienone is 1. The van der Waals surface area contributed by atoms with Crippen molar-refractivity contribution >= 4 is 0 Å². The molecule has 104 valence electrons. The summed E-state index contributed by atoms with van der Waals surface area (Å²) < 4.78 is 11.7. The van der Waals surface area contributed by atoms with Crippen molar-refractivity contribution in [3.8, 4) is 0 Å². The van der Waals surface area contributed by atoms with Crippen molar-refractivity contribution in [2.45, 2.75) is 76.7 Å². The molecule has 2 aliphatic rings. The van der Waals surface area contributed by atoms with Crippen LogP contribution in [0, 0.1) is 0 Å². The zero-order chi connectivity index (χ0) is 12.7. The van der Waals surface area contributed by atoms with Gasteiger partial charge in [-0.1, -0.05) is 19.3 Å². The number of hydrogen-bond donors (Lipinski definition) is 0. The van der Waals surface area contributed by atoms with Crippen LogP contribution in [0.3, 0.4) is 0 Å². The van der Waals surface area contributed by atoms with Gasteiger partial charge in [0.25, 0.3) is 0 Å². The Bertz CT molecular complexity index is 254. The molecule has 0 amide bonds. The smallest absolute Gasteiger partial charge is 0.0900 e. The van der Waals surface area contributed by atoms with Gasteiger partial charge >= 0.3 is 0 Å². The summed E-state index contributed by atoms with van der Waals surface area (Å²) in [6, 6.07) is 0. The van der Waals surface area contributed by atoms with Crippen molar-refractivity contribution in [2.24, 2.45) is 0 Å². The highest BCUT2D eigenvalue weighted by molar-refractivity contribution is 5.00. The first-order chi connectivity index (χ1) is 8.79.